The van der Waals surface area contributed by atoms with Gasteiger partial charge < -0.3 is 19.6 Å². The zero-order valence-corrected chi connectivity index (χ0v) is 29.9. The number of nitrogens with zero attached hydrogens (tertiary/aromatic N) is 5. The molecule has 7 rings (SSSR count). The summed E-state index contributed by atoms with van der Waals surface area (Å²) in [4.78, 5) is 18.5. The molecule has 0 bridgehead atoms. The maximum absolute atomic E-state index is 17.3. The van der Waals surface area contributed by atoms with Gasteiger partial charge in [-0.05, 0) is 86.6 Å². The van der Waals surface area contributed by atoms with E-state index in [2.05, 4.69) is 26.8 Å². The molecule has 0 amide bonds. The van der Waals surface area contributed by atoms with Crippen molar-refractivity contribution in [1.29, 1.82) is 0 Å². The number of rotatable bonds is 7. The lowest BCUT2D eigenvalue weighted by Gasteiger charge is -2.41. The van der Waals surface area contributed by atoms with Crippen LogP contribution in [-0.2, 0) is 12.6 Å². The minimum atomic E-state index is -4.59. The second kappa shape index (κ2) is 14.1. The van der Waals surface area contributed by atoms with Crippen molar-refractivity contribution in [2.75, 3.05) is 38.1 Å². The van der Waals surface area contributed by atoms with Gasteiger partial charge in [0.2, 0.25) is 11.9 Å². The first kappa shape index (κ1) is 36.9. The van der Waals surface area contributed by atoms with E-state index < -0.39 is 35.9 Å². The summed E-state index contributed by atoms with van der Waals surface area (Å²) in [6.07, 6.45) is -1.47. The Morgan fingerprint density at radius 1 is 0.904 bits per heavy atom. The van der Waals surface area contributed by atoms with Gasteiger partial charge in [-0.15, -0.1) is 0 Å². The zero-order chi connectivity index (χ0) is 37.0. The van der Waals surface area contributed by atoms with Gasteiger partial charge in [0, 0.05) is 61.8 Å². The third-order valence-corrected chi connectivity index (χ3v) is 11.5. The fourth-order valence-electron chi connectivity index (χ4n) is 8.79. The molecule has 0 radical (unpaired) electrons. The van der Waals surface area contributed by atoms with Crippen LogP contribution >= 0.6 is 0 Å². The fraction of sp³-hybridized carbons (Fsp3) is 0.615. The van der Waals surface area contributed by atoms with Crippen molar-refractivity contribution < 1.29 is 36.2 Å². The highest BCUT2D eigenvalue weighted by atomic mass is 19.4. The molecule has 282 valence electrons. The van der Waals surface area contributed by atoms with Crippen LogP contribution in [0.25, 0.3) is 0 Å². The van der Waals surface area contributed by atoms with Crippen LogP contribution in [0, 0.1) is 5.41 Å². The van der Waals surface area contributed by atoms with Crippen molar-refractivity contribution in [2.45, 2.75) is 114 Å². The van der Waals surface area contributed by atoms with E-state index in [1.165, 1.54) is 0 Å². The van der Waals surface area contributed by atoms with E-state index in [1.807, 2.05) is 13.8 Å². The van der Waals surface area contributed by atoms with Crippen LogP contribution in [-0.4, -0.2) is 70.2 Å². The molecule has 1 saturated carbocycles. The number of aliphatic hydroxyl groups is 1. The van der Waals surface area contributed by atoms with Crippen LogP contribution in [0.4, 0.5) is 32.3 Å². The van der Waals surface area contributed by atoms with Crippen molar-refractivity contribution >= 4 is 5.95 Å². The van der Waals surface area contributed by atoms with Gasteiger partial charge in [0.1, 0.15) is 6.10 Å². The third-order valence-electron chi connectivity index (χ3n) is 11.5. The first-order valence-electron chi connectivity index (χ1n) is 18.4. The van der Waals surface area contributed by atoms with Crippen LogP contribution in [0.1, 0.15) is 129 Å². The van der Waals surface area contributed by atoms with E-state index in [1.54, 1.807) is 12.4 Å². The summed E-state index contributed by atoms with van der Waals surface area (Å²) in [5, 5.41) is 11.6. The standard InChI is InChI=1S/C39H47F6N5O2/c1-37(2)18-29-32(30(51)19-37)31(23-8-13-38(41,42)14-9-23)33(34(40)24-4-6-26(7-5-24)39(43,44)45)35(48-29)25-10-16-50(17-11-25)36-46-20-28(21-47-36)52-27-12-15-49(3)22-27/h4-7,20-21,23,25,27,30,34,51H,8-19,22H2,1-3H3/t27-,30+,34?/m1/s1. The summed E-state index contributed by atoms with van der Waals surface area (Å²) in [7, 11) is 2.06. The van der Waals surface area contributed by atoms with Crippen molar-refractivity contribution in [2.24, 2.45) is 5.41 Å². The molecule has 2 aliphatic carbocycles. The number of aromatic nitrogens is 3. The van der Waals surface area contributed by atoms with Crippen molar-refractivity contribution in [3.8, 4) is 5.75 Å². The van der Waals surface area contributed by atoms with E-state index in [9.17, 15) is 27.1 Å². The number of pyridine rings is 1. The van der Waals surface area contributed by atoms with E-state index >= 15 is 4.39 Å². The van der Waals surface area contributed by atoms with Gasteiger partial charge in [0.05, 0.1) is 29.8 Å². The summed E-state index contributed by atoms with van der Waals surface area (Å²) in [6, 6.07) is 4.03. The molecule has 4 aliphatic rings. The van der Waals surface area contributed by atoms with E-state index in [4.69, 9.17) is 9.72 Å². The maximum atomic E-state index is 17.3. The van der Waals surface area contributed by atoms with Gasteiger partial charge in [-0.25, -0.2) is 23.1 Å². The number of hydrogen-bond donors (Lipinski definition) is 1. The topological polar surface area (TPSA) is 74.6 Å². The van der Waals surface area contributed by atoms with Gasteiger partial charge >= 0.3 is 6.18 Å². The lowest BCUT2D eigenvalue weighted by atomic mass is 9.68. The smallest absolute Gasteiger partial charge is 0.416 e. The fourth-order valence-corrected chi connectivity index (χ4v) is 8.79. The lowest BCUT2D eigenvalue weighted by molar-refractivity contribution is -0.137. The number of hydrogen-bond acceptors (Lipinski definition) is 7. The number of ether oxygens (including phenoxy) is 1. The molecule has 2 aromatic heterocycles. The normalized spacial score (nSPS) is 24.8. The summed E-state index contributed by atoms with van der Waals surface area (Å²) < 4.78 is 92.7. The molecule has 3 atom stereocenters. The molecule has 3 aromatic rings. The highest BCUT2D eigenvalue weighted by molar-refractivity contribution is 5.51. The second-order valence-electron chi connectivity index (χ2n) is 16.1. The number of piperidine rings is 1. The van der Waals surface area contributed by atoms with Crippen LogP contribution in [0.15, 0.2) is 36.7 Å². The van der Waals surface area contributed by atoms with Gasteiger partial charge in [0.25, 0.3) is 0 Å². The molecule has 1 N–H and O–H groups in total. The Bertz CT molecular complexity index is 1720. The largest absolute Gasteiger partial charge is 0.486 e. The number of likely N-dealkylation sites (tertiary alicyclic amines) is 1. The second-order valence-corrected chi connectivity index (χ2v) is 16.1. The SMILES string of the molecule is CN1CC[C@@H](Oc2cnc(N3CCC(c4nc5c(c(C6CCC(F)(F)CC6)c4C(F)c4ccc(C(F)(F)F)cc4)[C@@H](O)CC(C)(C)C5)CC3)nc2)C1. The van der Waals surface area contributed by atoms with E-state index in [0.29, 0.717) is 73.0 Å². The number of likely N-dealkylation sites (N-methyl/N-ethyl adjacent to an activating group) is 1. The quantitative estimate of drug-likeness (QED) is 0.244. The third kappa shape index (κ3) is 7.76. The van der Waals surface area contributed by atoms with Crippen LogP contribution < -0.4 is 9.64 Å². The molecule has 1 unspecified atom stereocenters. The van der Waals surface area contributed by atoms with E-state index in [0.717, 1.165) is 43.8 Å². The molecule has 52 heavy (non-hydrogen) atoms. The first-order chi connectivity index (χ1) is 24.6. The zero-order valence-electron chi connectivity index (χ0n) is 29.9. The number of anilines is 1. The van der Waals surface area contributed by atoms with Gasteiger partial charge in [-0.3, -0.25) is 4.98 Å². The Balaban J connectivity index is 1.24. The van der Waals surface area contributed by atoms with Crippen LogP contribution in [0.3, 0.4) is 0 Å². The Morgan fingerprint density at radius 3 is 2.15 bits per heavy atom. The molecule has 2 saturated heterocycles. The Kier molecular flexibility index (Phi) is 9.99. The molecular formula is C39H47F6N5O2. The summed E-state index contributed by atoms with van der Waals surface area (Å²) in [5.41, 5.74) is 1.27. The predicted molar refractivity (Wildman–Crippen MR) is 185 cm³/mol. The molecule has 1 aromatic carbocycles. The molecule has 0 spiro atoms. The van der Waals surface area contributed by atoms with Crippen molar-refractivity contribution in [3.63, 3.8) is 0 Å². The summed E-state index contributed by atoms with van der Waals surface area (Å²) >= 11 is 0. The molecule has 4 heterocycles. The number of halogens is 6. The number of benzene rings is 1. The molecule has 7 nitrogen and oxygen atoms in total. The Hall–Kier alpha value is -3.45. The van der Waals surface area contributed by atoms with Crippen molar-refractivity contribution in [1.82, 2.24) is 19.9 Å². The molecule has 13 heteroatoms. The van der Waals surface area contributed by atoms with Gasteiger partial charge in [-0.2, -0.15) is 13.2 Å². The number of alkyl halides is 6. The molecule has 3 fully saturated rings. The number of aliphatic hydroxyl groups excluding tert-OH is 1. The number of fused-ring (bicyclic) bond motifs is 1. The lowest BCUT2D eigenvalue weighted by Crippen LogP contribution is -2.36. The predicted octanol–water partition coefficient (Wildman–Crippen LogP) is 8.71. The molecule has 2 aliphatic heterocycles. The summed E-state index contributed by atoms with van der Waals surface area (Å²) in [5.74, 6) is -2.35. The Morgan fingerprint density at radius 2 is 1.56 bits per heavy atom. The monoisotopic (exact) mass is 731 g/mol. The minimum absolute atomic E-state index is 0.0291. The van der Waals surface area contributed by atoms with Crippen LogP contribution in [0.2, 0.25) is 0 Å². The maximum Gasteiger partial charge on any atom is 0.416 e. The van der Waals surface area contributed by atoms with Crippen molar-refractivity contribution in [3.05, 3.63) is 75.9 Å². The highest BCUT2D eigenvalue weighted by Gasteiger charge is 2.44. The van der Waals surface area contributed by atoms with Crippen LogP contribution in [0.5, 0.6) is 5.75 Å². The van der Waals surface area contributed by atoms with Gasteiger partial charge in [0.15, 0.2) is 11.9 Å². The highest BCUT2D eigenvalue weighted by Crippen LogP contribution is 2.52. The first-order valence-corrected chi connectivity index (χ1v) is 18.4. The molecular weight excluding hydrogens is 684 g/mol. The Labute approximate surface area is 300 Å². The summed E-state index contributed by atoms with van der Waals surface area (Å²) in [6.45, 7) is 6.99. The average Bonchev–Trinajstić information content (AvgIpc) is 3.50. The van der Waals surface area contributed by atoms with Gasteiger partial charge in [-0.1, -0.05) is 26.0 Å². The average molecular weight is 732 g/mol. The minimum Gasteiger partial charge on any atom is -0.486 e. The van der Waals surface area contributed by atoms with E-state index in [-0.39, 0.29) is 54.2 Å².